The van der Waals surface area contributed by atoms with Crippen molar-refractivity contribution in [2.45, 2.75) is 49.9 Å². The number of carbonyl (C=O) groups excluding carboxylic acids is 1. The van der Waals surface area contributed by atoms with E-state index < -0.39 is 0 Å². The number of carbonyl (C=O) groups is 1. The first-order valence-corrected chi connectivity index (χ1v) is 7.14. The maximum atomic E-state index is 11.6. The molecule has 0 aromatic heterocycles. The minimum Gasteiger partial charge on any atom is -0.368 e. The van der Waals surface area contributed by atoms with Crippen LogP contribution >= 0.6 is 0 Å². The first kappa shape index (κ1) is 12.4. The first-order valence-electron chi connectivity index (χ1n) is 7.14. The zero-order chi connectivity index (χ0) is 12.7. The van der Waals surface area contributed by atoms with Gasteiger partial charge in [-0.15, -0.1) is 0 Å². The lowest BCUT2D eigenvalue weighted by Gasteiger charge is -2.45. The molecule has 3 heterocycles. The van der Waals surface area contributed by atoms with E-state index in [0.29, 0.717) is 6.04 Å². The van der Waals surface area contributed by atoms with E-state index in [9.17, 15) is 4.79 Å². The minimum absolute atomic E-state index is 0.105. The smallest absolute Gasteiger partial charge is 0.236 e. The summed E-state index contributed by atoms with van der Waals surface area (Å²) in [5, 5.41) is 3.28. The third-order valence-electron chi connectivity index (χ3n) is 5.16. The molecule has 3 rings (SSSR count). The fraction of sp³-hybridized carbons (Fsp3) is 0.923. The lowest BCUT2D eigenvalue weighted by atomic mass is 9.94. The average molecular weight is 252 g/mol. The van der Waals surface area contributed by atoms with Gasteiger partial charge < -0.3 is 16.0 Å². The van der Waals surface area contributed by atoms with Crippen molar-refractivity contribution in [3.8, 4) is 0 Å². The van der Waals surface area contributed by atoms with Gasteiger partial charge in [0.15, 0.2) is 0 Å². The number of primary amides is 1. The van der Waals surface area contributed by atoms with E-state index in [2.05, 4.69) is 22.2 Å². The molecule has 5 nitrogen and oxygen atoms in total. The van der Waals surface area contributed by atoms with Crippen molar-refractivity contribution in [2.24, 2.45) is 5.73 Å². The van der Waals surface area contributed by atoms with E-state index in [4.69, 9.17) is 5.73 Å². The minimum atomic E-state index is -0.173. The zero-order valence-electron chi connectivity index (χ0n) is 11.1. The molecule has 0 saturated carbocycles. The summed E-state index contributed by atoms with van der Waals surface area (Å²) in [5.41, 5.74) is 5.55. The maximum absolute atomic E-state index is 11.6. The van der Waals surface area contributed by atoms with Crippen molar-refractivity contribution in [3.63, 3.8) is 0 Å². The summed E-state index contributed by atoms with van der Waals surface area (Å²) < 4.78 is 0. The van der Waals surface area contributed by atoms with Gasteiger partial charge >= 0.3 is 0 Å². The average Bonchev–Trinajstić information content (AvgIpc) is 2.61. The molecular weight excluding hydrogens is 228 g/mol. The van der Waals surface area contributed by atoms with E-state index >= 15 is 0 Å². The second-order valence-electron chi connectivity index (χ2n) is 6.04. The number of nitrogens with two attached hydrogens (primary N) is 1. The second-order valence-corrected chi connectivity index (χ2v) is 6.04. The number of amides is 1. The zero-order valence-corrected chi connectivity index (χ0v) is 11.1. The number of hydrogen-bond donors (Lipinski definition) is 2. The summed E-state index contributed by atoms with van der Waals surface area (Å²) in [6.07, 6.45) is 5.06. The fourth-order valence-corrected chi connectivity index (χ4v) is 4.07. The maximum Gasteiger partial charge on any atom is 0.236 e. The summed E-state index contributed by atoms with van der Waals surface area (Å²) in [4.78, 5) is 16.5. The molecule has 0 radical (unpaired) electrons. The van der Waals surface area contributed by atoms with Crippen molar-refractivity contribution in [3.05, 3.63) is 0 Å². The van der Waals surface area contributed by atoms with Crippen LogP contribution in [0.15, 0.2) is 0 Å². The predicted octanol–water partition coefficient (Wildman–Crippen LogP) is -0.629. The number of piperazine rings is 1. The Morgan fingerprint density at radius 3 is 2.50 bits per heavy atom. The van der Waals surface area contributed by atoms with Crippen LogP contribution in [0, 0.1) is 0 Å². The van der Waals surface area contributed by atoms with Crippen LogP contribution in [0.4, 0.5) is 0 Å². The van der Waals surface area contributed by atoms with E-state index in [-0.39, 0.29) is 11.9 Å². The Kier molecular flexibility index (Phi) is 3.30. The van der Waals surface area contributed by atoms with Gasteiger partial charge in [-0.2, -0.15) is 0 Å². The van der Waals surface area contributed by atoms with Gasteiger partial charge in [-0.05, 0) is 32.7 Å². The van der Waals surface area contributed by atoms with Gasteiger partial charge in [0.1, 0.15) is 6.04 Å². The molecule has 3 aliphatic heterocycles. The molecule has 18 heavy (non-hydrogen) atoms. The van der Waals surface area contributed by atoms with Crippen LogP contribution in [-0.2, 0) is 4.79 Å². The number of hydrogen-bond acceptors (Lipinski definition) is 4. The Hall–Kier alpha value is -0.650. The van der Waals surface area contributed by atoms with Gasteiger partial charge in [-0.25, -0.2) is 0 Å². The van der Waals surface area contributed by atoms with Crippen LogP contribution in [0.3, 0.4) is 0 Å². The highest BCUT2D eigenvalue weighted by Gasteiger charge is 2.43. The van der Waals surface area contributed by atoms with Gasteiger partial charge in [0.05, 0.1) is 0 Å². The van der Waals surface area contributed by atoms with Crippen LogP contribution in [0.1, 0.15) is 25.7 Å². The lowest BCUT2D eigenvalue weighted by molar-refractivity contribution is -0.125. The van der Waals surface area contributed by atoms with E-state index in [1.165, 1.54) is 25.7 Å². The third-order valence-corrected chi connectivity index (χ3v) is 5.16. The van der Waals surface area contributed by atoms with Gasteiger partial charge in [0, 0.05) is 37.8 Å². The molecule has 3 saturated heterocycles. The Balaban J connectivity index is 1.72. The van der Waals surface area contributed by atoms with Crippen molar-refractivity contribution in [1.82, 2.24) is 15.1 Å². The standard InChI is InChI=1S/C13H24N4O/c1-16-9-2-3-10(16)7-11(6-9)17-5-4-15-8-12(17)13(14)18/h9-12,15H,2-8H2,1H3,(H2,14,18). The largest absolute Gasteiger partial charge is 0.368 e. The molecule has 3 N–H and O–H groups in total. The van der Waals surface area contributed by atoms with Crippen LogP contribution in [0.2, 0.25) is 0 Å². The summed E-state index contributed by atoms with van der Waals surface area (Å²) in [6.45, 7) is 2.66. The molecule has 0 spiro atoms. The molecule has 3 aliphatic rings. The molecule has 3 fully saturated rings. The van der Waals surface area contributed by atoms with Gasteiger partial charge in [0.25, 0.3) is 0 Å². The van der Waals surface area contributed by atoms with Crippen molar-refractivity contribution in [1.29, 1.82) is 0 Å². The predicted molar refractivity (Wildman–Crippen MR) is 70.2 cm³/mol. The Morgan fingerprint density at radius 2 is 1.89 bits per heavy atom. The van der Waals surface area contributed by atoms with Crippen molar-refractivity contribution in [2.75, 3.05) is 26.7 Å². The number of nitrogens with zero attached hydrogens (tertiary/aromatic N) is 2. The summed E-state index contributed by atoms with van der Waals surface area (Å²) >= 11 is 0. The van der Waals surface area contributed by atoms with Crippen LogP contribution in [0.5, 0.6) is 0 Å². The fourth-order valence-electron chi connectivity index (χ4n) is 4.07. The molecule has 0 aromatic rings. The van der Waals surface area contributed by atoms with Crippen LogP contribution in [-0.4, -0.2) is 66.6 Å². The van der Waals surface area contributed by atoms with E-state index in [0.717, 1.165) is 31.7 Å². The molecular formula is C13H24N4O. The van der Waals surface area contributed by atoms with E-state index in [1.54, 1.807) is 0 Å². The summed E-state index contributed by atoms with van der Waals surface area (Å²) in [6, 6.07) is 1.89. The molecule has 0 aromatic carbocycles. The molecule has 2 bridgehead atoms. The van der Waals surface area contributed by atoms with Crippen LogP contribution < -0.4 is 11.1 Å². The van der Waals surface area contributed by atoms with Crippen molar-refractivity contribution >= 4 is 5.91 Å². The summed E-state index contributed by atoms with van der Waals surface area (Å²) in [5.74, 6) is -0.173. The summed E-state index contributed by atoms with van der Waals surface area (Å²) in [7, 11) is 2.25. The van der Waals surface area contributed by atoms with Crippen LogP contribution in [0.25, 0.3) is 0 Å². The Bertz CT molecular complexity index is 321. The third kappa shape index (κ3) is 2.04. The molecule has 102 valence electrons. The number of rotatable bonds is 2. The Morgan fingerprint density at radius 1 is 1.22 bits per heavy atom. The van der Waals surface area contributed by atoms with E-state index in [1.807, 2.05) is 0 Å². The topological polar surface area (TPSA) is 61.6 Å². The lowest BCUT2D eigenvalue weighted by Crippen LogP contribution is -2.62. The second kappa shape index (κ2) is 4.79. The Labute approximate surface area is 109 Å². The highest BCUT2D eigenvalue weighted by Crippen LogP contribution is 2.36. The monoisotopic (exact) mass is 252 g/mol. The highest BCUT2D eigenvalue weighted by atomic mass is 16.1. The first-order chi connectivity index (χ1) is 8.66. The molecule has 5 heteroatoms. The molecule has 1 amide bonds. The van der Waals surface area contributed by atoms with Crippen molar-refractivity contribution < 1.29 is 4.79 Å². The van der Waals surface area contributed by atoms with Gasteiger partial charge in [0.2, 0.25) is 5.91 Å². The normalized spacial score (nSPS) is 42.1. The molecule has 0 aliphatic carbocycles. The number of nitrogens with one attached hydrogen (secondary N) is 1. The molecule has 3 atom stereocenters. The van der Waals surface area contributed by atoms with Gasteiger partial charge in [-0.1, -0.05) is 0 Å². The SMILES string of the molecule is CN1C2CCC1CC(N1CCNCC1C(N)=O)C2. The quantitative estimate of drug-likeness (QED) is 0.687. The molecule has 3 unspecified atom stereocenters. The number of piperidine rings is 1. The van der Waals surface area contributed by atoms with Gasteiger partial charge in [-0.3, -0.25) is 9.69 Å². The highest BCUT2D eigenvalue weighted by molar-refractivity contribution is 5.80. The number of fused-ring (bicyclic) bond motifs is 2.